The third-order valence-corrected chi connectivity index (χ3v) is 3.32. The average molecular weight is 335 g/mol. The number of aryl methyl sites for hydroxylation is 1. The molecule has 3 rings (SSSR count). The summed E-state index contributed by atoms with van der Waals surface area (Å²) in [5.41, 5.74) is 1.02. The molecule has 7 nitrogen and oxygen atoms in total. The first kappa shape index (κ1) is 16.0. The van der Waals surface area contributed by atoms with Crippen molar-refractivity contribution < 1.29 is 18.0 Å². The van der Waals surface area contributed by atoms with Crippen LogP contribution >= 0.6 is 0 Å². The molecule has 0 saturated heterocycles. The summed E-state index contributed by atoms with van der Waals surface area (Å²) in [6.07, 6.45) is 0.619. The van der Waals surface area contributed by atoms with Crippen LogP contribution in [0.15, 0.2) is 33.8 Å². The zero-order valence-electron chi connectivity index (χ0n) is 13.1. The summed E-state index contributed by atoms with van der Waals surface area (Å²) >= 11 is 0. The number of benzene rings is 1. The molecule has 0 N–H and O–H groups in total. The van der Waals surface area contributed by atoms with Crippen LogP contribution in [0.1, 0.15) is 38.0 Å². The van der Waals surface area contributed by atoms with Crippen molar-refractivity contribution in [2.24, 2.45) is 5.16 Å². The molecule has 1 aromatic carbocycles. The maximum absolute atomic E-state index is 13.4. The van der Waals surface area contributed by atoms with Gasteiger partial charge in [0.25, 0.3) is 5.89 Å². The Labute approximate surface area is 135 Å². The van der Waals surface area contributed by atoms with E-state index >= 15 is 0 Å². The summed E-state index contributed by atoms with van der Waals surface area (Å²) in [6.45, 7) is 0.653. The molecule has 0 atom stereocenters. The van der Waals surface area contributed by atoms with E-state index in [0.29, 0.717) is 23.3 Å². The highest BCUT2D eigenvalue weighted by Gasteiger charge is 2.19. The molecule has 2 aromatic heterocycles. The van der Waals surface area contributed by atoms with Crippen molar-refractivity contribution >= 4 is 16.7 Å². The number of rotatable bonds is 6. The maximum atomic E-state index is 13.4. The van der Waals surface area contributed by atoms with Gasteiger partial charge in [-0.2, -0.15) is 8.78 Å². The van der Waals surface area contributed by atoms with Gasteiger partial charge >= 0.3 is 6.55 Å². The molecule has 9 heteroatoms. The Balaban J connectivity index is 1.82. The highest BCUT2D eigenvalue weighted by molar-refractivity contribution is 5.98. The number of halogens is 2. The fourth-order valence-electron chi connectivity index (χ4n) is 2.21. The van der Waals surface area contributed by atoms with E-state index in [2.05, 4.69) is 20.3 Å². The maximum Gasteiger partial charge on any atom is 0.320 e. The summed E-state index contributed by atoms with van der Waals surface area (Å²) in [7, 11) is 0. The summed E-state index contributed by atoms with van der Waals surface area (Å²) in [5.74, 6) is 0.811. The second-order valence-electron chi connectivity index (χ2n) is 4.97. The minimum atomic E-state index is -2.74. The zero-order valence-corrected chi connectivity index (χ0v) is 13.1. The van der Waals surface area contributed by atoms with Gasteiger partial charge in [-0.15, -0.1) is 10.2 Å². The number of hydrogen-bond acceptors (Lipinski definition) is 6. The van der Waals surface area contributed by atoms with Gasteiger partial charge in [-0.05, 0) is 19.1 Å². The highest BCUT2D eigenvalue weighted by atomic mass is 19.3. The molecule has 126 valence electrons. The molecule has 0 aliphatic rings. The zero-order chi connectivity index (χ0) is 17.1. The van der Waals surface area contributed by atoms with Gasteiger partial charge in [0.15, 0.2) is 12.4 Å². The van der Waals surface area contributed by atoms with Gasteiger partial charge in [0.2, 0.25) is 5.89 Å². The Hall–Kier alpha value is -2.84. The molecule has 0 saturated carbocycles. The monoisotopic (exact) mass is 335 g/mol. The first-order valence-electron chi connectivity index (χ1n) is 7.33. The van der Waals surface area contributed by atoms with E-state index in [9.17, 15) is 8.78 Å². The minimum Gasteiger partial charge on any atom is -0.421 e. The van der Waals surface area contributed by atoms with Crippen LogP contribution in [-0.4, -0.2) is 25.5 Å². The predicted molar refractivity (Wildman–Crippen MR) is 81.7 cm³/mol. The molecule has 0 spiro atoms. The number of fused-ring (bicyclic) bond motifs is 1. The molecule has 0 aliphatic heterocycles. The molecular weight excluding hydrogens is 320 g/mol. The second-order valence-corrected chi connectivity index (χ2v) is 4.97. The number of para-hydroxylation sites is 2. The van der Waals surface area contributed by atoms with Crippen molar-refractivity contribution in [2.45, 2.75) is 33.4 Å². The van der Waals surface area contributed by atoms with Gasteiger partial charge in [-0.25, -0.2) is 4.98 Å². The number of alkyl halides is 2. The van der Waals surface area contributed by atoms with E-state index in [4.69, 9.17) is 9.25 Å². The molecule has 0 aliphatic carbocycles. The number of nitrogens with zero attached hydrogens (tertiary/aromatic N) is 5. The van der Waals surface area contributed by atoms with E-state index in [-0.39, 0.29) is 24.0 Å². The average Bonchev–Trinajstić information content (AvgIpc) is 3.18. The summed E-state index contributed by atoms with van der Waals surface area (Å²) in [5, 5.41) is 11.4. The minimum absolute atomic E-state index is 0.0424. The highest BCUT2D eigenvalue weighted by Crippen LogP contribution is 2.23. The van der Waals surface area contributed by atoms with Crippen LogP contribution in [0.3, 0.4) is 0 Å². The van der Waals surface area contributed by atoms with Gasteiger partial charge in [0.05, 0.1) is 11.0 Å². The van der Waals surface area contributed by atoms with Gasteiger partial charge < -0.3 is 9.25 Å². The van der Waals surface area contributed by atoms with Crippen LogP contribution in [0.5, 0.6) is 0 Å². The molecule has 24 heavy (non-hydrogen) atoms. The number of imidazole rings is 1. The third-order valence-electron chi connectivity index (χ3n) is 3.32. The lowest BCUT2D eigenvalue weighted by Gasteiger charge is -2.06. The van der Waals surface area contributed by atoms with Gasteiger partial charge in [0.1, 0.15) is 5.71 Å². The molecule has 3 aromatic rings. The molecule has 0 amide bonds. The van der Waals surface area contributed by atoms with Crippen LogP contribution in [0.25, 0.3) is 11.0 Å². The van der Waals surface area contributed by atoms with Gasteiger partial charge in [-0.1, -0.05) is 24.2 Å². The number of aromatic nitrogens is 4. The van der Waals surface area contributed by atoms with Crippen LogP contribution in [-0.2, 0) is 17.9 Å². The van der Waals surface area contributed by atoms with Crippen molar-refractivity contribution in [3.8, 4) is 0 Å². The van der Waals surface area contributed by atoms with E-state index in [1.165, 1.54) is 0 Å². The lowest BCUT2D eigenvalue weighted by molar-refractivity contribution is 0.0733. The van der Waals surface area contributed by atoms with Crippen LogP contribution in [0.4, 0.5) is 8.78 Å². The second kappa shape index (κ2) is 6.73. The van der Waals surface area contributed by atoms with Gasteiger partial charge in [0, 0.05) is 6.42 Å². The van der Waals surface area contributed by atoms with E-state index < -0.39 is 6.55 Å². The van der Waals surface area contributed by atoms with E-state index in [1.807, 2.05) is 6.92 Å². The SMILES string of the molecule is CCc1nnc(CO/N=C(\C)c2nc3ccccc3n2C(F)F)o1. The van der Waals surface area contributed by atoms with Crippen LogP contribution < -0.4 is 0 Å². The van der Waals surface area contributed by atoms with Crippen molar-refractivity contribution in [2.75, 3.05) is 0 Å². The Morgan fingerprint density at radius 1 is 1.29 bits per heavy atom. The Kier molecular flexibility index (Phi) is 4.50. The summed E-state index contributed by atoms with van der Waals surface area (Å²) in [6, 6.07) is 6.66. The summed E-state index contributed by atoms with van der Waals surface area (Å²) < 4.78 is 32.8. The van der Waals surface area contributed by atoms with Crippen LogP contribution in [0, 0.1) is 0 Å². The molecular formula is C15H15F2N5O2. The molecule has 0 bridgehead atoms. The van der Waals surface area contributed by atoms with Crippen LogP contribution in [0.2, 0.25) is 0 Å². The largest absolute Gasteiger partial charge is 0.421 e. The third kappa shape index (κ3) is 3.10. The molecule has 0 fully saturated rings. The topological polar surface area (TPSA) is 78.3 Å². The van der Waals surface area contributed by atoms with E-state index in [0.717, 1.165) is 4.57 Å². The Morgan fingerprint density at radius 3 is 2.75 bits per heavy atom. The lowest BCUT2D eigenvalue weighted by atomic mass is 10.3. The Morgan fingerprint density at radius 2 is 2.04 bits per heavy atom. The van der Waals surface area contributed by atoms with Crippen molar-refractivity contribution in [1.29, 1.82) is 0 Å². The number of oxime groups is 1. The first-order chi connectivity index (χ1) is 11.6. The summed E-state index contributed by atoms with van der Waals surface area (Å²) in [4.78, 5) is 9.32. The fourth-order valence-corrected chi connectivity index (χ4v) is 2.21. The van der Waals surface area contributed by atoms with Crippen molar-refractivity contribution in [1.82, 2.24) is 19.7 Å². The molecule has 0 radical (unpaired) electrons. The Bertz CT molecular complexity index is 872. The first-order valence-corrected chi connectivity index (χ1v) is 7.33. The van der Waals surface area contributed by atoms with E-state index in [1.54, 1.807) is 31.2 Å². The number of hydrogen-bond donors (Lipinski definition) is 0. The smallest absolute Gasteiger partial charge is 0.320 e. The fraction of sp³-hybridized carbons (Fsp3) is 0.333. The lowest BCUT2D eigenvalue weighted by Crippen LogP contribution is -2.10. The normalized spacial score (nSPS) is 12.3. The standard InChI is InChI=1S/C15H15F2N5O2/c1-3-12-19-20-13(24-12)8-23-21-9(2)14-18-10-6-4-5-7-11(10)22(14)15(16)17/h4-7,15H,3,8H2,1-2H3/b21-9+. The van der Waals surface area contributed by atoms with Crippen molar-refractivity contribution in [3.05, 3.63) is 41.9 Å². The quantitative estimate of drug-likeness (QED) is 0.510. The predicted octanol–water partition coefficient (Wildman–Crippen LogP) is 3.32. The molecule has 0 unspecified atom stereocenters. The molecule has 2 heterocycles. The van der Waals surface area contributed by atoms with Crippen molar-refractivity contribution in [3.63, 3.8) is 0 Å². The van der Waals surface area contributed by atoms with Gasteiger partial charge in [-0.3, -0.25) is 4.57 Å².